The summed E-state index contributed by atoms with van der Waals surface area (Å²) >= 11 is 5.97. The second-order valence-electron chi connectivity index (χ2n) is 4.30. The Morgan fingerprint density at radius 3 is 3.00 bits per heavy atom. The summed E-state index contributed by atoms with van der Waals surface area (Å²) in [5.41, 5.74) is 2.98. The van der Waals surface area contributed by atoms with Crippen LogP contribution in [0.25, 0.3) is 0 Å². The first-order chi connectivity index (χ1) is 8.79. The summed E-state index contributed by atoms with van der Waals surface area (Å²) in [6, 6.07) is 7.49. The summed E-state index contributed by atoms with van der Waals surface area (Å²) in [4.78, 5) is 0. The third-order valence-electron chi connectivity index (χ3n) is 3.02. The van der Waals surface area contributed by atoms with E-state index in [4.69, 9.17) is 16.9 Å². The highest BCUT2D eigenvalue weighted by Gasteiger charge is 2.03. The topological polar surface area (TPSA) is 47.9 Å². The number of nitriles is 1. The van der Waals surface area contributed by atoms with Crippen LogP contribution in [0.5, 0.6) is 0 Å². The van der Waals surface area contributed by atoms with Crippen LogP contribution < -0.4 is 10.6 Å². The molecule has 1 heterocycles. The van der Waals surface area contributed by atoms with Crippen molar-refractivity contribution in [1.29, 1.82) is 5.26 Å². The maximum absolute atomic E-state index is 8.79. The van der Waals surface area contributed by atoms with E-state index >= 15 is 0 Å². The van der Waals surface area contributed by atoms with Crippen LogP contribution in [0, 0.1) is 11.3 Å². The predicted octanol–water partition coefficient (Wildman–Crippen LogP) is 2.93. The molecule has 0 unspecified atom stereocenters. The highest BCUT2D eigenvalue weighted by Crippen LogP contribution is 2.20. The highest BCUT2D eigenvalue weighted by atomic mass is 35.5. The number of benzene rings is 1. The molecule has 0 saturated heterocycles. The van der Waals surface area contributed by atoms with Crippen molar-refractivity contribution in [3.63, 3.8) is 0 Å². The van der Waals surface area contributed by atoms with Crippen molar-refractivity contribution < 1.29 is 0 Å². The van der Waals surface area contributed by atoms with Gasteiger partial charge in [0.1, 0.15) is 6.07 Å². The maximum Gasteiger partial charge on any atom is 0.101 e. The van der Waals surface area contributed by atoms with E-state index in [0.29, 0.717) is 10.6 Å². The Bertz CT molecular complexity index is 488. The van der Waals surface area contributed by atoms with E-state index in [9.17, 15) is 0 Å². The van der Waals surface area contributed by atoms with Crippen LogP contribution in [0.3, 0.4) is 0 Å². The normalized spacial score (nSPS) is 14.8. The van der Waals surface area contributed by atoms with Gasteiger partial charge in [-0.05, 0) is 37.6 Å². The zero-order chi connectivity index (χ0) is 12.8. The molecule has 0 saturated carbocycles. The van der Waals surface area contributed by atoms with Gasteiger partial charge in [-0.25, -0.2) is 0 Å². The summed E-state index contributed by atoms with van der Waals surface area (Å²) in [6.07, 6.45) is 4.45. The minimum atomic E-state index is 0.503. The number of anilines is 1. The third-order valence-corrected chi connectivity index (χ3v) is 3.34. The molecular formula is C14H16ClN3. The average Bonchev–Trinajstić information content (AvgIpc) is 2.40. The van der Waals surface area contributed by atoms with Gasteiger partial charge in [-0.15, -0.1) is 0 Å². The van der Waals surface area contributed by atoms with Gasteiger partial charge in [0.05, 0.1) is 10.6 Å². The third kappa shape index (κ3) is 3.49. The number of halogens is 1. The minimum Gasteiger partial charge on any atom is -0.385 e. The van der Waals surface area contributed by atoms with Crippen LogP contribution in [0.15, 0.2) is 29.8 Å². The molecule has 0 aliphatic carbocycles. The van der Waals surface area contributed by atoms with Gasteiger partial charge in [0, 0.05) is 18.8 Å². The van der Waals surface area contributed by atoms with E-state index in [0.717, 1.165) is 38.2 Å². The standard InChI is InChI=1S/C14H16ClN3/c15-14-9-13(2-1-12(14)10-16)18-8-5-11-3-6-17-7-4-11/h1-3,9,17-18H,4-8H2. The molecule has 2 N–H and O–H groups in total. The lowest BCUT2D eigenvalue weighted by atomic mass is 10.1. The van der Waals surface area contributed by atoms with Crippen LogP contribution >= 0.6 is 11.6 Å². The van der Waals surface area contributed by atoms with Gasteiger partial charge in [-0.3, -0.25) is 0 Å². The van der Waals surface area contributed by atoms with Crippen LogP contribution in [0.2, 0.25) is 5.02 Å². The van der Waals surface area contributed by atoms with Crippen molar-refractivity contribution in [3.8, 4) is 6.07 Å². The van der Waals surface area contributed by atoms with Gasteiger partial charge in [-0.1, -0.05) is 23.3 Å². The first-order valence-electron chi connectivity index (χ1n) is 6.12. The molecule has 0 spiro atoms. The summed E-state index contributed by atoms with van der Waals surface area (Å²) in [7, 11) is 0. The second-order valence-corrected chi connectivity index (χ2v) is 4.71. The average molecular weight is 262 g/mol. The molecule has 0 amide bonds. The molecule has 1 aliphatic rings. The lowest BCUT2D eigenvalue weighted by Crippen LogP contribution is -2.21. The molecule has 4 heteroatoms. The Balaban J connectivity index is 1.85. The first-order valence-corrected chi connectivity index (χ1v) is 6.49. The monoisotopic (exact) mass is 261 g/mol. The Labute approximate surface area is 112 Å². The van der Waals surface area contributed by atoms with Gasteiger partial charge in [-0.2, -0.15) is 5.26 Å². The number of nitrogens with one attached hydrogen (secondary N) is 2. The molecule has 0 atom stereocenters. The van der Waals surface area contributed by atoms with Crippen molar-refractivity contribution in [2.45, 2.75) is 12.8 Å². The van der Waals surface area contributed by atoms with Crippen molar-refractivity contribution in [2.24, 2.45) is 0 Å². The van der Waals surface area contributed by atoms with Crippen LogP contribution in [0.1, 0.15) is 18.4 Å². The predicted molar refractivity (Wildman–Crippen MR) is 74.8 cm³/mol. The molecule has 1 aromatic carbocycles. The zero-order valence-corrected chi connectivity index (χ0v) is 10.9. The molecule has 0 bridgehead atoms. The molecule has 1 aliphatic heterocycles. The van der Waals surface area contributed by atoms with E-state index in [-0.39, 0.29) is 0 Å². The number of hydrogen-bond donors (Lipinski definition) is 2. The number of rotatable bonds is 4. The Hall–Kier alpha value is -1.50. The van der Waals surface area contributed by atoms with Gasteiger partial charge in [0.25, 0.3) is 0 Å². The van der Waals surface area contributed by atoms with Crippen molar-refractivity contribution in [1.82, 2.24) is 5.32 Å². The van der Waals surface area contributed by atoms with Gasteiger partial charge >= 0.3 is 0 Å². The van der Waals surface area contributed by atoms with Crippen LogP contribution in [-0.4, -0.2) is 19.6 Å². The van der Waals surface area contributed by atoms with E-state index in [1.54, 1.807) is 12.1 Å². The van der Waals surface area contributed by atoms with Gasteiger partial charge in [0.15, 0.2) is 0 Å². The highest BCUT2D eigenvalue weighted by molar-refractivity contribution is 6.32. The molecule has 3 nitrogen and oxygen atoms in total. The summed E-state index contributed by atoms with van der Waals surface area (Å²) in [5, 5.41) is 15.9. The number of nitrogens with zero attached hydrogens (tertiary/aromatic N) is 1. The van der Waals surface area contributed by atoms with Gasteiger partial charge in [0.2, 0.25) is 0 Å². The van der Waals surface area contributed by atoms with E-state index in [1.165, 1.54) is 5.57 Å². The zero-order valence-electron chi connectivity index (χ0n) is 10.2. The Morgan fingerprint density at radius 1 is 1.44 bits per heavy atom. The van der Waals surface area contributed by atoms with Crippen LogP contribution in [-0.2, 0) is 0 Å². The van der Waals surface area contributed by atoms with Crippen molar-refractivity contribution in [2.75, 3.05) is 25.0 Å². The molecule has 94 valence electrons. The molecule has 2 rings (SSSR count). The second kappa shape index (κ2) is 6.44. The first kappa shape index (κ1) is 12.9. The lowest BCUT2D eigenvalue weighted by Gasteiger charge is -2.14. The summed E-state index contributed by atoms with van der Waals surface area (Å²) in [5.74, 6) is 0. The maximum atomic E-state index is 8.79. The van der Waals surface area contributed by atoms with E-state index in [2.05, 4.69) is 22.8 Å². The molecule has 1 aromatic rings. The lowest BCUT2D eigenvalue weighted by molar-refractivity contribution is 0.683. The molecule has 0 aromatic heterocycles. The SMILES string of the molecule is N#Cc1ccc(NCCC2=CCNCC2)cc1Cl. The largest absolute Gasteiger partial charge is 0.385 e. The Morgan fingerprint density at radius 2 is 2.33 bits per heavy atom. The molecular weight excluding hydrogens is 246 g/mol. The fourth-order valence-corrected chi connectivity index (χ4v) is 2.20. The summed E-state index contributed by atoms with van der Waals surface area (Å²) < 4.78 is 0. The summed E-state index contributed by atoms with van der Waals surface area (Å²) in [6.45, 7) is 2.96. The molecule has 0 fully saturated rings. The van der Waals surface area contributed by atoms with E-state index < -0.39 is 0 Å². The minimum absolute atomic E-state index is 0.503. The van der Waals surface area contributed by atoms with Crippen LogP contribution in [0.4, 0.5) is 5.69 Å². The van der Waals surface area contributed by atoms with Crippen molar-refractivity contribution in [3.05, 3.63) is 40.4 Å². The molecule has 18 heavy (non-hydrogen) atoms. The quantitative estimate of drug-likeness (QED) is 0.820. The smallest absolute Gasteiger partial charge is 0.101 e. The van der Waals surface area contributed by atoms with Gasteiger partial charge < -0.3 is 10.6 Å². The fourth-order valence-electron chi connectivity index (χ4n) is 1.98. The number of hydrogen-bond acceptors (Lipinski definition) is 3. The van der Waals surface area contributed by atoms with E-state index in [1.807, 2.05) is 6.07 Å². The molecule has 0 radical (unpaired) electrons. The van der Waals surface area contributed by atoms with Crippen molar-refractivity contribution >= 4 is 17.3 Å². The fraction of sp³-hybridized carbons (Fsp3) is 0.357. The Kier molecular flexibility index (Phi) is 4.63.